The molecule has 0 spiro atoms. The van der Waals surface area contributed by atoms with Gasteiger partial charge in [-0.15, -0.1) is 0 Å². The molecule has 1 aliphatic rings. The van der Waals surface area contributed by atoms with Crippen LogP contribution in [0.3, 0.4) is 0 Å². The van der Waals surface area contributed by atoms with E-state index in [-0.39, 0.29) is 17.9 Å². The van der Waals surface area contributed by atoms with Gasteiger partial charge in [-0.25, -0.2) is 0 Å². The van der Waals surface area contributed by atoms with Crippen LogP contribution in [-0.2, 0) is 9.53 Å². The highest BCUT2D eigenvalue weighted by molar-refractivity contribution is 5.94. The standard InChI is InChI=1S/C15H21N3O3/c1-11-2-4-12(5-3-11)14(19)17-6-7-18-15(20)13-10-21-9-8-16-13/h2-5,13,16H,6-10H2,1H3,(H,17,19)(H,18,20). The summed E-state index contributed by atoms with van der Waals surface area (Å²) in [6.45, 7) is 4.47. The van der Waals surface area contributed by atoms with Gasteiger partial charge in [0.05, 0.1) is 13.2 Å². The summed E-state index contributed by atoms with van der Waals surface area (Å²) < 4.78 is 5.22. The van der Waals surface area contributed by atoms with Gasteiger partial charge in [0.15, 0.2) is 0 Å². The minimum atomic E-state index is -0.299. The first-order valence-corrected chi connectivity index (χ1v) is 7.10. The molecule has 1 atom stereocenters. The molecule has 0 saturated carbocycles. The lowest BCUT2D eigenvalue weighted by Gasteiger charge is -2.22. The van der Waals surface area contributed by atoms with Gasteiger partial charge < -0.3 is 20.7 Å². The van der Waals surface area contributed by atoms with Crippen molar-refractivity contribution in [2.75, 3.05) is 32.8 Å². The minimum absolute atomic E-state index is 0.0979. The first-order valence-electron chi connectivity index (χ1n) is 7.10. The third-order valence-corrected chi connectivity index (χ3v) is 3.26. The molecule has 1 aromatic carbocycles. The minimum Gasteiger partial charge on any atom is -0.378 e. The molecule has 0 radical (unpaired) electrons. The molecule has 0 aliphatic carbocycles. The van der Waals surface area contributed by atoms with Crippen molar-refractivity contribution >= 4 is 11.8 Å². The lowest BCUT2D eigenvalue weighted by atomic mass is 10.1. The Balaban J connectivity index is 1.66. The number of hydrogen-bond acceptors (Lipinski definition) is 4. The normalized spacial score (nSPS) is 18.0. The van der Waals surface area contributed by atoms with Gasteiger partial charge in [-0.1, -0.05) is 17.7 Å². The van der Waals surface area contributed by atoms with Crippen molar-refractivity contribution in [3.63, 3.8) is 0 Å². The van der Waals surface area contributed by atoms with Crippen LogP contribution in [0.2, 0.25) is 0 Å². The summed E-state index contributed by atoms with van der Waals surface area (Å²) in [4.78, 5) is 23.6. The van der Waals surface area contributed by atoms with E-state index in [1.54, 1.807) is 12.1 Å². The number of hydrogen-bond donors (Lipinski definition) is 3. The zero-order valence-electron chi connectivity index (χ0n) is 12.1. The van der Waals surface area contributed by atoms with Crippen LogP contribution in [0, 0.1) is 6.92 Å². The summed E-state index contributed by atoms with van der Waals surface area (Å²) in [5.41, 5.74) is 1.73. The third-order valence-electron chi connectivity index (χ3n) is 3.26. The summed E-state index contributed by atoms with van der Waals surface area (Å²) >= 11 is 0. The quantitative estimate of drug-likeness (QED) is 0.658. The van der Waals surface area contributed by atoms with Gasteiger partial charge in [-0.2, -0.15) is 0 Å². The van der Waals surface area contributed by atoms with Gasteiger partial charge in [0.1, 0.15) is 6.04 Å². The third kappa shape index (κ3) is 4.84. The highest BCUT2D eigenvalue weighted by Gasteiger charge is 2.20. The average Bonchev–Trinajstić information content (AvgIpc) is 2.52. The second-order valence-corrected chi connectivity index (χ2v) is 4.99. The van der Waals surface area contributed by atoms with Gasteiger partial charge in [0, 0.05) is 25.2 Å². The smallest absolute Gasteiger partial charge is 0.251 e. The number of amides is 2. The molecule has 1 saturated heterocycles. The van der Waals surface area contributed by atoms with Crippen molar-refractivity contribution in [3.8, 4) is 0 Å². The van der Waals surface area contributed by atoms with E-state index in [1.807, 2.05) is 19.1 Å². The first kappa shape index (κ1) is 15.5. The fourth-order valence-corrected chi connectivity index (χ4v) is 2.03. The van der Waals surface area contributed by atoms with E-state index < -0.39 is 0 Å². The van der Waals surface area contributed by atoms with E-state index in [0.717, 1.165) is 5.56 Å². The Bertz CT molecular complexity index is 481. The van der Waals surface area contributed by atoms with E-state index in [0.29, 0.717) is 38.4 Å². The van der Waals surface area contributed by atoms with Gasteiger partial charge >= 0.3 is 0 Å². The molecule has 1 aliphatic heterocycles. The van der Waals surface area contributed by atoms with Crippen molar-refractivity contribution in [1.82, 2.24) is 16.0 Å². The van der Waals surface area contributed by atoms with Crippen LogP contribution < -0.4 is 16.0 Å². The van der Waals surface area contributed by atoms with Crippen LogP contribution in [0.4, 0.5) is 0 Å². The Morgan fingerprint density at radius 1 is 1.24 bits per heavy atom. The molecule has 6 heteroatoms. The average molecular weight is 291 g/mol. The van der Waals surface area contributed by atoms with Crippen LogP contribution in [0.15, 0.2) is 24.3 Å². The number of carbonyl (C=O) groups is 2. The highest BCUT2D eigenvalue weighted by Crippen LogP contribution is 2.02. The van der Waals surface area contributed by atoms with E-state index in [1.165, 1.54) is 0 Å². The van der Waals surface area contributed by atoms with Crippen LogP contribution in [0.1, 0.15) is 15.9 Å². The topological polar surface area (TPSA) is 79.5 Å². The lowest BCUT2D eigenvalue weighted by Crippen LogP contribution is -2.52. The molecule has 21 heavy (non-hydrogen) atoms. The Hall–Kier alpha value is -1.92. The number of nitrogens with one attached hydrogen (secondary N) is 3. The molecule has 2 amide bonds. The van der Waals surface area contributed by atoms with Gasteiger partial charge in [0.25, 0.3) is 5.91 Å². The number of carbonyl (C=O) groups excluding carboxylic acids is 2. The van der Waals surface area contributed by atoms with E-state index in [9.17, 15) is 9.59 Å². The van der Waals surface area contributed by atoms with Crippen molar-refractivity contribution in [2.24, 2.45) is 0 Å². The van der Waals surface area contributed by atoms with Crippen LogP contribution >= 0.6 is 0 Å². The molecular formula is C15H21N3O3. The Morgan fingerprint density at radius 3 is 2.62 bits per heavy atom. The maximum atomic E-state index is 11.8. The maximum Gasteiger partial charge on any atom is 0.251 e. The number of morpholine rings is 1. The van der Waals surface area contributed by atoms with Gasteiger partial charge in [-0.05, 0) is 19.1 Å². The van der Waals surface area contributed by atoms with Crippen molar-refractivity contribution < 1.29 is 14.3 Å². The summed E-state index contributed by atoms with van der Waals surface area (Å²) in [5, 5.41) is 8.62. The highest BCUT2D eigenvalue weighted by atomic mass is 16.5. The Kier molecular flexibility index (Phi) is 5.71. The fourth-order valence-electron chi connectivity index (χ4n) is 2.03. The van der Waals surface area contributed by atoms with Crippen LogP contribution in [0.25, 0.3) is 0 Å². The second-order valence-electron chi connectivity index (χ2n) is 4.99. The van der Waals surface area contributed by atoms with Crippen molar-refractivity contribution in [3.05, 3.63) is 35.4 Å². The monoisotopic (exact) mass is 291 g/mol. The molecular weight excluding hydrogens is 270 g/mol. The zero-order valence-corrected chi connectivity index (χ0v) is 12.1. The fraction of sp³-hybridized carbons (Fsp3) is 0.467. The SMILES string of the molecule is Cc1ccc(C(=O)NCCNC(=O)C2COCCN2)cc1. The summed E-state index contributed by atoms with van der Waals surface area (Å²) in [7, 11) is 0. The molecule has 114 valence electrons. The van der Waals surface area contributed by atoms with Gasteiger partial charge in [0.2, 0.25) is 5.91 Å². The molecule has 3 N–H and O–H groups in total. The van der Waals surface area contributed by atoms with Gasteiger partial charge in [-0.3, -0.25) is 9.59 Å². The van der Waals surface area contributed by atoms with Crippen molar-refractivity contribution in [2.45, 2.75) is 13.0 Å². The Morgan fingerprint density at radius 2 is 1.95 bits per heavy atom. The number of aryl methyl sites for hydroxylation is 1. The van der Waals surface area contributed by atoms with E-state index in [2.05, 4.69) is 16.0 Å². The summed E-state index contributed by atoms with van der Waals surface area (Å²) in [5.74, 6) is -0.234. The Labute approximate surface area is 124 Å². The summed E-state index contributed by atoms with van der Waals surface area (Å²) in [6, 6.07) is 7.06. The zero-order chi connectivity index (χ0) is 15.1. The summed E-state index contributed by atoms with van der Waals surface area (Å²) in [6.07, 6.45) is 0. The molecule has 2 rings (SSSR count). The molecule has 1 fully saturated rings. The second kappa shape index (κ2) is 7.75. The van der Waals surface area contributed by atoms with Crippen LogP contribution in [-0.4, -0.2) is 50.7 Å². The van der Waals surface area contributed by atoms with Crippen LogP contribution in [0.5, 0.6) is 0 Å². The molecule has 1 aromatic rings. The number of ether oxygens (including phenoxy) is 1. The lowest BCUT2D eigenvalue weighted by molar-refractivity contribution is -0.125. The molecule has 6 nitrogen and oxygen atoms in total. The van der Waals surface area contributed by atoms with E-state index >= 15 is 0 Å². The van der Waals surface area contributed by atoms with E-state index in [4.69, 9.17) is 4.74 Å². The maximum absolute atomic E-state index is 11.8. The number of rotatable bonds is 5. The molecule has 0 bridgehead atoms. The largest absolute Gasteiger partial charge is 0.378 e. The van der Waals surface area contributed by atoms with Crippen molar-refractivity contribution in [1.29, 1.82) is 0 Å². The number of benzene rings is 1. The molecule has 1 unspecified atom stereocenters. The first-order chi connectivity index (χ1) is 10.2. The molecule has 0 aromatic heterocycles. The predicted octanol–water partition coefficient (Wildman–Crippen LogP) is -0.171. The predicted molar refractivity (Wildman–Crippen MR) is 79.1 cm³/mol. The molecule has 1 heterocycles.